The van der Waals surface area contributed by atoms with Crippen molar-refractivity contribution in [2.24, 2.45) is 5.92 Å². The number of benzene rings is 1. The van der Waals surface area contributed by atoms with Crippen LogP contribution in [0.4, 0.5) is 5.82 Å². The summed E-state index contributed by atoms with van der Waals surface area (Å²) in [5, 5.41) is 1.12. The Kier molecular flexibility index (Phi) is 4.88. The van der Waals surface area contributed by atoms with E-state index in [9.17, 15) is 0 Å². The van der Waals surface area contributed by atoms with Crippen LogP contribution in [0.15, 0.2) is 22.8 Å². The summed E-state index contributed by atoms with van der Waals surface area (Å²) in [5.74, 6) is 2.22. The molecule has 0 N–H and O–H groups in total. The number of hydrogen-bond donors (Lipinski definition) is 0. The van der Waals surface area contributed by atoms with E-state index in [0.29, 0.717) is 12.5 Å². The second-order valence-electron chi connectivity index (χ2n) is 7.80. The van der Waals surface area contributed by atoms with Crippen LogP contribution in [0.2, 0.25) is 0 Å². The third-order valence-corrected chi connectivity index (χ3v) is 6.02. The van der Waals surface area contributed by atoms with E-state index in [-0.39, 0.29) is 0 Å². The first-order chi connectivity index (χ1) is 13.4. The highest BCUT2D eigenvalue weighted by Gasteiger charge is 2.28. The van der Waals surface area contributed by atoms with Crippen LogP contribution in [0.25, 0.3) is 21.6 Å². The van der Waals surface area contributed by atoms with Crippen LogP contribution >= 0.6 is 15.9 Å². The fourth-order valence-corrected chi connectivity index (χ4v) is 5.06. The van der Waals surface area contributed by atoms with Gasteiger partial charge in [-0.05, 0) is 62.9 Å². The van der Waals surface area contributed by atoms with Gasteiger partial charge >= 0.3 is 0 Å². The lowest BCUT2D eigenvalue weighted by Gasteiger charge is -2.19. The predicted octanol–water partition coefficient (Wildman–Crippen LogP) is 5.16. The van der Waals surface area contributed by atoms with Gasteiger partial charge < -0.3 is 14.3 Å². The number of halogens is 1. The van der Waals surface area contributed by atoms with Crippen molar-refractivity contribution < 1.29 is 0 Å². The van der Waals surface area contributed by atoms with Crippen molar-refractivity contribution in [3.8, 4) is 5.69 Å². The maximum Gasteiger partial charge on any atom is 0.219 e. The van der Waals surface area contributed by atoms with Gasteiger partial charge in [0.15, 0.2) is 5.65 Å². The third-order valence-electron chi connectivity index (χ3n) is 5.56. The Balaban J connectivity index is 1.90. The van der Waals surface area contributed by atoms with E-state index in [2.05, 4.69) is 69.3 Å². The Labute approximate surface area is 174 Å². The van der Waals surface area contributed by atoms with Crippen LogP contribution < -0.4 is 4.90 Å². The number of anilines is 1. The second-order valence-corrected chi connectivity index (χ2v) is 8.72. The van der Waals surface area contributed by atoms with Crippen molar-refractivity contribution >= 4 is 32.8 Å². The van der Waals surface area contributed by atoms with Crippen LogP contribution in [-0.4, -0.2) is 34.2 Å². The minimum atomic E-state index is 0.432. The summed E-state index contributed by atoms with van der Waals surface area (Å²) in [6.07, 6.45) is 3.23. The monoisotopic (exact) mass is 437 g/mol. The molecule has 0 bridgehead atoms. The molecule has 0 spiro atoms. The van der Waals surface area contributed by atoms with E-state index < -0.39 is 0 Å². The van der Waals surface area contributed by atoms with Crippen molar-refractivity contribution in [2.75, 3.05) is 24.5 Å². The average molecular weight is 438 g/mol. The highest BCUT2D eigenvalue weighted by atomic mass is 79.9. The molecule has 0 radical (unpaired) electrons. The average Bonchev–Trinajstić information content (AvgIpc) is 3.19. The number of hydrogen-bond acceptors (Lipinski definition) is 3. The van der Waals surface area contributed by atoms with Crippen molar-refractivity contribution in [1.29, 1.82) is 0 Å². The van der Waals surface area contributed by atoms with Gasteiger partial charge in [0.25, 0.3) is 0 Å². The molecule has 3 heterocycles. The van der Waals surface area contributed by atoms with Gasteiger partial charge in [0.05, 0.1) is 17.0 Å². The maximum absolute atomic E-state index is 7.17. The van der Waals surface area contributed by atoms with Crippen LogP contribution in [0.5, 0.6) is 0 Å². The zero-order valence-electron chi connectivity index (χ0n) is 16.8. The summed E-state index contributed by atoms with van der Waals surface area (Å²) in [7, 11) is 0. The normalized spacial score (nSPS) is 16.7. The largest absolute Gasteiger partial charge is 0.355 e. The van der Waals surface area contributed by atoms with Gasteiger partial charge in [-0.15, -0.1) is 0 Å². The molecule has 0 saturated carbocycles. The van der Waals surface area contributed by atoms with Crippen LogP contribution in [-0.2, 0) is 0 Å². The molecule has 1 unspecified atom stereocenters. The molecule has 1 aliphatic heterocycles. The zero-order chi connectivity index (χ0) is 20.0. The quantitative estimate of drug-likeness (QED) is 0.530. The molecular weight excluding hydrogens is 414 g/mol. The first kappa shape index (κ1) is 18.9. The third kappa shape index (κ3) is 3.18. The molecule has 1 saturated heterocycles. The Hall–Kier alpha value is -2.39. The molecule has 28 heavy (non-hydrogen) atoms. The Morgan fingerprint density at radius 1 is 1.14 bits per heavy atom. The Bertz CT molecular complexity index is 1090. The first-order valence-electron chi connectivity index (χ1n) is 9.60. The molecule has 144 valence electrons. The predicted molar refractivity (Wildman–Crippen MR) is 117 cm³/mol. The summed E-state index contributed by atoms with van der Waals surface area (Å²) in [6, 6.07) is 4.29. The van der Waals surface area contributed by atoms with Gasteiger partial charge in [-0.1, -0.05) is 15.9 Å². The second kappa shape index (κ2) is 7.21. The summed E-state index contributed by atoms with van der Waals surface area (Å²) < 4.78 is 3.31. The number of aromatic nitrogens is 3. The summed E-state index contributed by atoms with van der Waals surface area (Å²) in [6.45, 7) is 18.0. The van der Waals surface area contributed by atoms with Crippen LogP contribution in [0.3, 0.4) is 0 Å². The molecule has 0 amide bonds. The smallest absolute Gasteiger partial charge is 0.219 e. The van der Waals surface area contributed by atoms with Gasteiger partial charge in [0.1, 0.15) is 11.6 Å². The molecule has 6 heteroatoms. The van der Waals surface area contributed by atoms with E-state index in [1.54, 1.807) is 0 Å². The zero-order valence-corrected chi connectivity index (χ0v) is 18.3. The molecule has 0 aliphatic carbocycles. The number of aryl methyl sites for hydroxylation is 4. The van der Waals surface area contributed by atoms with Crippen LogP contribution in [0, 0.1) is 40.2 Å². The lowest BCUT2D eigenvalue weighted by Crippen LogP contribution is -2.22. The van der Waals surface area contributed by atoms with Gasteiger partial charge in [-0.2, -0.15) is 0 Å². The van der Waals surface area contributed by atoms with E-state index in [1.807, 2.05) is 6.92 Å². The number of fused-ring (bicyclic) bond motifs is 1. The lowest BCUT2D eigenvalue weighted by atomic mass is 10.1. The van der Waals surface area contributed by atoms with Crippen molar-refractivity contribution in [1.82, 2.24) is 14.5 Å². The molecule has 1 aliphatic rings. The summed E-state index contributed by atoms with van der Waals surface area (Å²) in [5.41, 5.74) is 5.74. The molecule has 1 atom stereocenters. The molecule has 4 rings (SSSR count). The molecule has 2 aromatic heterocycles. The summed E-state index contributed by atoms with van der Waals surface area (Å²) >= 11 is 3.60. The van der Waals surface area contributed by atoms with E-state index in [1.165, 1.54) is 22.4 Å². The van der Waals surface area contributed by atoms with Crippen molar-refractivity contribution in [3.05, 3.63) is 56.7 Å². The molecule has 1 fully saturated rings. The standard InChI is InChI=1S/C22H24BrN5/c1-13-8-18(23)9-14(2)20(13)28-11-15(3)19-21(25-16(4)26-22(19)28)27-7-6-17(12-27)10-24-5/h8-9,11,17H,6-7,10,12H2,1-4H3. The molecule has 3 aromatic rings. The van der Waals surface area contributed by atoms with E-state index in [4.69, 9.17) is 16.5 Å². The highest BCUT2D eigenvalue weighted by Crippen LogP contribution is 2.35. The minimum absolute atomic E-state index is 0.432. The van der Waals surface area contributed by atoms with Gasteiger partial charge in [-0.3, -0.25) is 0 Å². The van der Waals surface area contributed by atoms with E-state index in [0.717, 1.165) is 46.7 Å². The highest BCUT2D eigenvalue weighted by molar-refractivity contribution is 9.10. The SMILES string of the molecule is [C-]#[N+]CC1CCN(c2nc(C)nc3c2c(C)cn3-c2c(C)cc(Br)cc2C)C1. The Morgan fingerprint density at radius 2 is 1.86 bits per heavy atom. The van der Waals surface area contributed by atoms with Gasteiger partial charge in [0, 0.05) is 23.8 Å². The van der Waals surface area contributed by atoms with Crippen molar-refractivity contribution in [3.63, 3.8) is 0 Å². The fourth-order valence-electron chi connectivity index (χ4n) is 4.38. The molecule has 1 aromatic carbocycles. The van der Waals surface area contributed by atoms with E-state index >= 15 is 0 Å². The lowest BCUT2D eigenvalue weighted by molar-refractivity contribution is 0.639. The van der Waals surface area contributed by atoms with Crippen molar-refractivity contribution in [2.45, 2.75) is 34.1 Å². The minimum Gasteiger partial charge on any atom is -0.355 e. The number of nitrogens with zero attached hydrogens (tertiary/aromatic N) is 5. The van der Waals surface area contributed by atoms with Gasteiger partial charge in [-0.25, -0.2) is 16.5 Å². The molecular formula is C22H24BrN5. The topological polar surface area (TPSA) is 38.3 Å². The first-order valence-corrected chi connectivity index (χ1v) is 10.4. The summed E-state index contributed by atoms with van der Waals surface area (Å²) in [4.78, 5) is 15.6. The number of rotatable bonds is 3. The fraction of sp³-hybridized carbons (Fsp3) is 0.409. The van der Waals surface area contributed by atoms with Crippen LogP contribution in [0.1, 0.15) is 28.9 Å². The Morgan fingerprint density at radius 3 is 2.54 bits per heavy atom. The molecule has 5 nitrogen and oxygen atoms in total. The maximum atomic E-state index is 7.17. The van der Waals surface area contributed by atoms with Gasteiger partial charge in [0.2, 0.25) is 6.54 Å².